The molecule has 0 aliphatic heterocycles. The van der Waals surface area contributed by atoms with Gasteiger partial charge in [-0.05, 0) is 41.5 Å². The van der Waals surface area contributed by atoms with E-state index in [0.29, 0.717) is 22.4 Å². The van der Waals surface area contributed by atoms with Gasteiger partial charge in [0, 0.05) is 11.3 Å². The number of carbonyl (C=O) groups excluding carboxylic acids is 2. The summed E-state index contributed by atoms with van der Waals surface area (Å²) in [7, 11) is 0. The maximum atomic E-state index is 13.0. The van der Waals surface area contributed by atoms with Crippen molar-refractivity contribution >= 4 is 23.3 Å². The predicted octanol–water partition coefficient (Wildman–Crippen LogP) is 4.66. The number of nitrogens with two attached hydrogens (primary N) is 1. The first-order chi connectivity index (χ1) is 12.0. The average Bonchev–Trinajstić information content (AvgIpc) is 2.66. The third-order valence-corrected chi connectivity index (χ3v) is 4.65. The molecular weight excluding hydrogens is 310 g/mol. The molecule has 130 valence electrons. The molecule has 0 amide bonds. The first-order valence-electron chi connectivity index (χ1n) is 8.74. The van der Waals surface area contributed by atoms with Crippen molar-refractivity contribution in [1.82, 2.24) is 0 Å². The standard InChI is InChI=1S/C22H25NO2/c1-5-15-16(6-2)18(8-4)20(23)19(17(15)7-3)22(25)21(24)14-12-10-9-11-13-14/h7,9-13H,3,5-6,8,23H2,1-2,4H3. The highest BCUT2D eigenvalue weighted by atomic mass is 16.2. The van der Waals surface area contributed by atoms with Gasteiger partial charge in [-0.2, -0.15) is 0 Å². The molecule has 2 aromatic rings. The average molecular weight is 335 g/mol. The van der Waals surface area contributed by atoms with E-state index in [4.69, 9.17) is 5.73 Å². The monoisotopic (exact) mass is 335 g/mol. The molecule has 0 fully saturated rings. The van der Waals surface area contributed by atoms with Gasteiger partial charge >= 0.3 is 0 Å². The van der Waals surface area contributed by atoms with Crippen LogP contribution in [0.5, 0.6) is 0 Å². The number of anilines is 1. The highest BCUT2D eigenvalue weighted by Crippen LogP contribution is 2.33. The Labute approximate surface area is 149 Å². The van der Waals surface area contributed by atoms with Crippen LogP contribution in [-0.4, -0.2) is 11.6 Å². The number of nitrogen functional groups attached to an aromatic ring is 1. The van der Waals surface area contributed by atoms with Crippen LogP contribution in [0.3, 0.4) is 0 Å². The minimum Gasteiger partial charge on any atom is -0.398 e. The molecule has 0 aromatic heterocycles. The zero-order chi connectivity index (χ0) is 18.6. The van der Waals surface area contributed by atoms with Gasteiger partial charge in [0.05, 0.1) is 5.56 Å². The fourth-order valence-electron chi connectivity index (χ4n) is 3.49. The topological polar surface area (TPSA) is 60.2 Å². The highest BCUT2D eigenvalue weighted by Gasteiger charge is 2.27. The van der Waals surface area contributed by atoms with Crippen LogP contribution in [0.4, 0.5) is 5.69 Å². The van der Waals surface area contributed by atoms with E-state index in [1.165, 1.54) is 5.56 Å². The molecule has 2 N–H and O–H groups in total. The molecule has 25 heavy (non-hydrogen) atoms. The summed E-state index contributed by atoms with van der Waals surface area (Å²) in [5, 5.41) is 0. The molecule has 0 aliphatic carbocycles. The number of Topliss-reactive ketones (excluding diaryl/α,β-unsaturated/α-hetero) is 2. The molecule has 0 saturated carbocycles. The van der Waals surface area contributed by atoms with Gasteiger partial charge in [0.15, 0.2) is 0 Å². The molecule has 2 aromatic carbocycles. The Morgan fingerprint density at radius 2 is 1.48 bits per heavy atom. The van der Waals surface area contributed by atoms with Crippen molar-refractivity contribution in [2.24, 2.45) is 0 Å². The third-order valence-electron chi connectivity index (χ3n) is 4.65. The molecule has 0 bridgehead atoms. The van der Waals surface area contributed by atoms with Crippen molar-refractivity contribution in [1.29, 1.82) is 0 Å². The molecule has 3 nitrogen and oxygen atoms in total. The van der Waals surface area contributed by atoms with Gasteiger partial charge in [0.2, 0.25) is 11.6 Å². The molecule has 0 saturated heterocycles. The van der Waals surface area contributed by atoms with Crippen molar-refractivity contribution in [2.75, 3.05) is 5.73 Å². The van der Waals surface area contributed by atoms with Gasteiger partial charge in [-0.25, -0.2) is 0 Å². The number of rotatable bonds is 7. The molecule has 0 radical (unpaired) electrons. The summed E-state index contributed by atoms with van der Waals surface area (Å²) in [5.41, 5.74) is 11.4. The van der Waals surface area contributed by atoms with Crippen molar-refractivity contribution in [3.8, 4) is 0 Å². The Hall–Kier alpha value is -2.68. The van der Waals surface area contributed by atoms with Crippen molar-refractivity contribution < 1.29 is 9.59 Å². The van der Waals surface area contributed by atoms with Crippen molar-refractivity contribution in [3.63, 3.8) is 0 Å². The molecule has 0 heterocycles. The molecule has 2 rings (SSSR count). The van der Waals surface area contributed by atoms with E-state index in [9.17, 15) is 9.59 Å². The molecule has 0 unspecified atom stereocenters. The second-order valence-corrected chi connectivity index (χ2v) is 5.93. The summed E-state index contributed by atoms with van der Waals surface area (Å²) in [6.45, 7) is 10.0. The van der Waals surface area contributed by atoms with Crippen molar-refractivity contribution in [2.45, 2.75) is 40.0 Å². The lowest BCUT2D eigenvalue weighted by Crippen LogP contribution is -2.20. The quantitative estimate of drug-likeness (QED) is 0.454. The maximum absolute atomic E-state index is 13.0. The summed E-state index contributed by atoms with van der Waals surface area (Å²) < 4.78 is 0. The van der Waals surface area contributed by atoms with Crippen LogP contribution in [0, 0.1) is 0 Å². The number of ketones is 2. The van der Waals surface area contributed by atoms with Gasteiger partial charge in [0.1, 0.15) is 0 Å². The van der Waals surface area contributed by atoms with E-state index in [0.717, 1.165) is 30.4 Å². The molecular formula is C22H25NO2. The van der Waals surface area contributed by atoms with Crippen LogP contribution >= 0.6 is 0 Å². The van der Waals surface area contributed by atoms with Crippen LogP contribution < -0.4 is 5.73 Å². The van der Waals surface area contributed by atoms with E-state index in [-0.39, 0.29) is 0 Å². The largest absolute Gasteiger partial charge is 0.398 e. The number of hydrogen-bond donors (Lipinski definition) is 1. The van der Waals surface area contributed by atoms with Gasteiger partial charge in [-0.3, -0.25) is 9.59 Å². The highest BCUT2D eigenvalue weighted by molar-refractivity contribution is 6.50. The van der Waals surface area contributed by atoms with E-state index in [2.05, 4.69) is 13.5 Å². The van der Waals surface area contributed by atoms with Crippen LogP contribution in [0.2, 0.25) is 0 Å². The second kappa shape index (κ2) is 7.93. The Bertz CT molecular complexity index is 820. The Balaban J connectivity index is 2.74. The Morgan fingerprint density at radius 1 is 0.920 bits per heavy atom. The van der Waals surface area contributed by atoms with E-state index in [1.54, 1.807) is 30.3 Å². The number of carbonyl (C=O) groups is 2. The molecule has 0 atom stereocenters. The van der Waals surface area contributed by atoms with Crippen LogP contribution in [-0.2, 0) is 19.3 Å². The first kappa shape index (κ1) is 18.7. The molecule has 0 aliphatic rings. The lowest BCUT2D eigenvalue weighted by atomic mass is 9.83. The SMILES string of the molecule is C=Cc1c(CC)c(CC)c(CC)c(N)c1C(=O)C(=O)c1ccccc1. The second-order valence-electron chi connectivity index (χ2n) is 5.93. The molecule has 0 spiro atoms. The van der Waals surface area contributed by atoms with Crippen LogP contribution in [0.25, 0.3) is 6.08 Å². The summed E-state index contributed by atoms with van der Waals surface area (Å²) >= 11 is 0. The van der Waals surface area contributed by atoms with Gasteiger partial charge in [0.25, 0.3) is 0 Å². The number of benzene rings is 2. The van der Waals surface area contributed by atoms with Crippen LogP contribution in [0.15, 0.2) is 36.9 Å². The molecule has 3 heteroatoms. The summed E-state index contributed by atoms with van der Waals surface area (Å²) in [6, 6.07) is 8.59. The zero-order valence-corrected chi connectivity index (χ0v) is 15.2. The van der Waals surface area contributed by atoms with E-state index >= 15 is 0 Å². The van der Waals surface area contributed by atoms with Gasteiger partial charge in [-0.1, -0.05) is 63.8 Å². The lowest BCUT2D eigenvalue weighted by Gasteiger charge is -2.21. The first-order valence-corrected chi connectivity index (χ1v) is 8.74. The lowest BCUT2D eigenvalue weighted by molar-refractivity contribution is 0.0817. The predicted molar refractivity (Wildman–Crippen MR) is 104 cm³/mol. The van der Waals surface area contributed by atoms with Crippen molar-refractivity contribution in [3.05, 3.63) is 70.3 Å². The zero-order valence-electron chi connectivity index (χ0n) is 15.2. The third kappa shape index (κ3) is 3.27. The normalized spacial score (nSPS) is 10.5. The Morgan fingerprint density at radius 3 is 1.96 bits per heavy atom. The number of hydrogen-bond acceptors (Lipinski definition) is 3. The summed E-state index contributed by atoms with van der Waals surface area (Å²) in [5.74, 6) is -1.10. The summed E-state index contributed by atoms with van der Waals surface area (Å²) in [4.78, 5) is 25.7. The van der Waals surface area contributed by atoms with E-state index < -0.39 is 11.6 Å². The maximum Gasteiger partial charge on any atom is 0.236 e. The minimum atomic E-state index is -0.564. The van der Waals surface area contributed by atoms with Crippen LogP contribution in [0.1, 0.15) is 63.7 Å². The fourth-order valence-corrected chi connectivity index (χ4v) is 3.49. The Kier molecular flexibility index (Phi) is 5.92. The smallest absolute Gasteiger partial charge is 0.236 e. The van der Waals surface area contributed by atoms with E-state index in [1.807, 2.05) is 19.9 Å². The van der Waals surface area contributed by atoms with Gasteiger partial charge < -0.3 is 5.73 Å². The van der Waals surface area contributed by atoms with Gasteiger partial charge in [-0.15, -0.1) is 0 Å². The summed E-state index contributed by atoms with van der Waals surface area (Å²) in [6.07, 6.45) is 3.97. The minimum absolute atomic E-state index is 0.301. The fraction of sp³-hybridized carbons (Fsp3) is 0.273.